The minimum atomic E-state index is -0.0998. The molecule has 0 atom stereocenters. The molecule has 0 radical (unpaired) electrons. The standard InChI is InChI=1S/C23H23N5O3S/c1-3-31-18-9-7-17(8-10-18)20-11-12-21-25-26-23(28(21)27-20)32-15-22(29)24-14-16-5-4-6-19(13-16)30-2/h4-13H,3,14-15H2,1-2H3,(H,24,29). The number of fused-ring (bicyclic) bond motifs is 1. The van der Waals surface area contributed by atoms with Crippen LogP contribution in [0.25, 0.3) is 16.9 Å². The molecule has 2 heterocycles. The molecule has 0 aliphatic heterocycles. The van der Waals surface area contributed by atoms with Gasteiger partial charge in [0.1, 0.15) is 11.5 Å². The lowest BCUT2D eigenvalue weighted by molar-refractivity contribution is -0.118. The Morgan fingerprint density at radius 2 is 1.91 bits per heavy atom. The molecule has 0 unspecified atom stereocenters. The normalized spacial score (nSPS) is 10.8. The average molecular weight is 450 g/mol. The van der Waals surface area contributed by atoms with Gasteiger partial charge in [-0.25, -0.2) is 0 Å². The number of carbonyl (C=O) groups is 1. The molecule has 32 heavy (non-hydrogen) atoms. The van der Waals surface area contributed by atoms with Crippen LogP contribution in [0, 0.1) is 0 Å². The van der Waals surface area contributed by atoms with Crippen LogP contribution in [0.4, 0.5) is 0 Å². The number of aromatic nitrogens is 4. The molecule has 8 nitrogen and oxygen atoms in total. The summed E-state index contributed by atoms with van der Waals surface area (Å²) in [6.45, 7) is 3.00. The average Bonchev–Trinajstić information content (AvgIpc) is 3.24. The number of amides is 1. The summed E-state index contributed by atoms with van der Waals surface area (Å²) in [5, 5.41) is 16.4. The van der Waals surface area contributed by atoms with Crippen molar-refractivity contribution in [2.45, 2.75) is 18.6 Å². The van der Waals surface area contributed by atoms with E-state index in [1.54, 1.807) is 11.6 Å². The fraction of sp³-hybridized carbons (Fsp3) is 0.217. The van der Waals surface area contributed by atoms with Crippen LogP contribution in [0.15, 0.2) is 65.8 Å². The molecule has 0 saturated carbocycles. The molecule has 1 amide bonds. The van der Waals surface area contributed by atoms with E-state index in [0.717, 1.165) is 28.3 Å². The number of nitrogens with one attached hydrogen (secondary N) is 1. The van der Waals surface area contributed by atoms with Crippen LogP contribution in [0.1, 0.15) is 12.5 Å². The largest absolute Gasteiger partial charge is 0.497 e. The first kappa shape index (κ1) is 21.6. The van der Waals surface area contributed by atoms with Crippen LogP contribution < -0.4 is 14.8 Å². The Labute approximate surface area is 190 Å². The second-order valence-electron chi connectivity index (χ2n) is 6.85. The maximum atomic E-state index is 12.3. The summed E-state index contributed by atoms with van der Waals surface area (Å²) in [7, 11) is 1.62. The van der Waals surface area contributed by atoms with Gasteiger partial charge in [-0.3, -0.25) is 4.79 Å². The predicted octanol–water partition coefficient (Wildman–Crippen LogP) is 3.61. The Morgan fingerprint density at radius 1 is 1.06 bits per heavy atom. The lowest BCUT2D eigenvalue weighted by Crippen LogP contribution is -2.24. The number of methoxy groups -OCH3 is 1. The second kappa shape index (κ2) is 10.1. The van der Waals surface area contributed by atoms with Crippen molar-refractivity contribution in [1.29, 1.82) is 0 Å². The third kappa shape index (κ3) is 5.17. The van der Waals surface area contributed by atoms with Gasteiger partial charge in [-0.05, 0) is 61.0 Å². The molecule has 1 N–H and O–H groups in total. The van der Waals surface area contributed by atoms with E-state index in [4.69, 9.17) is 9.47 Å². The van der Waals surface area contributed by atoms with E-state index in [-0.39, 0.29) is 11.7 Å². The molecule has 9 heteroatoms. The van der Waals surface area contributed by atoms with Crippen molar-refractivity contribution in [3.63, 3.8) is 0 Å². The first-order valence-corrected chi connectivity index (χ1v) is 11.1. The van der Waals surface area contributed by atoms with Crippen molar-refractivity contribution in [1.82, 2.24) is 25.1 Å². The van der Waals surface area contributed by atoms with Gasteiger partial charge in [0.15, 0.2) is 5.65 Å². The van der Waals surface area contributed by atoms with Crippen LogP contribution in [0.5, 0.6) is 11.5 Å². The molecule has 0 spiro atoms. The van der Waals surface area contributed by atoms with Gasteiger partial charge in [0.25, 0.3) is 0 Å². The summed E-state index contributed by atoms with van der Waals surface area (Å²) in [4.78, 5) is 12.3. The number of benzene rings is 2. The smallest absolute Gasteiger partial charge is 0.230 e. The number of thioether (sulfide) groups is 1. The molecule has 2 aromatic carbocycles. The van der Waals surface area contributed by atoms with Crippen LogP contribution in [0.2, 0.25) is 0 Å². The Balaban J connectivity index is 1.40. The molecule has 2 aromatic heterocycles. The van der Waals surface area contributed by atoms with Gasteiger partial charge >= 0.3 is 0 Å². The highest BCUT2D eigenvalue weighted by atomic mass is 32.2. The maximum Gasteiger partial charge on any atom is 0.230 e. The monoisotopic (exact) mass is 449 g/mol. The molecule has 0 saturated heterocycles. The van der Waals surface area contributed by atoms with Gasteiger partial charge in [-0.15, -0.1) is 10.2 Å². The number of nitrogens with zero attached hydrogens (tertiary/aromatic N) is 4. The summed E-state index contributed by atoms with van der Waals surface area (Å²) >= 11 is 1.29. The van der Waals surface area contributed by atoms with Crippen LogP contribution in [0.3, 0.4) is 0 Å². The second-order valence-corrected chi connectivity index (χ2v) is 7.79. The highest BCUT2D eigenvalue weighted by Gasteiger charge is 2.12. The predicted molar refractivity (Wildman–Crippen MR) is 123 cm³/mol. The molecular formula is C23H23N5O3S. The van der Waals surface area contributed by atoms with E-state index in [9.17, 15) is 4.79 Å². The fourth-order valence-corrected chi connectivity index (χ4v) is 3.78. The van der Waals surface area contributed by atoms with Gasteiger partial charge in [0.05, 0.1) is 25.2 Å². The van der Waals surface area contributed by atoms with E-state index in [1.807, 2.05) is 67.6 Å². The summed E-state index contributed by atoms with van der Waals surface area (Å²) in [5.74, 6) is 1.69. The number of hydrogen-bond acceptors (Lipinski definition) is 7. The van der Waals surface area contributed by atoms with Gasteiger partial charge in [-0.1, -0.05) is 23.9 Å². The third-order valence-corrected chi connectivity index (χ3v) is 5.57. The van der Waals surface area contributed by atoms with Crippen LogP contribution >= 0.6 is 11.8 Å². The number of hydrogen-bond donors (Lipinski definition) is 1. The lowest BCUT2D eigenvalue weighted by atomic mass is 10.1. The van der Waals surface area contributed by atoms with E-state index in [1.165, 1.54) is 11.8 Å². The van der Waals surface area contributed by atoms with Crippen molar-refractivity contribution in [2.24, 2.45) is 0 Å². The number of carbonyl (C=O) groups excluding carboxylic acids is 1. The summed E-state index contributed by atoms with van der Waals surface area (Å²) in [5.41, 5.74) is 3.33. The number of ether oxygens (including phenoxy) is 2. The Hall–Kier alpha value is -3.59. The van der Waals surface area contributed by atoms with Gasteiger partial charge in [0.2, 0.25) is 11.1 Å². The quantitative estimate of drug-likeness (QED) is 0.390. The summed E-state index contributed by atoms with van der Waals surface area (Å²) in [6, 6.07) is 19.1. The van der Waals surface area contributed by atoms with Crippen molar-refractivity contribution < 1.29 is 14.3 Å². The SMILES string of the molecule is CCOc1ccc(-c2ccc3nnc(SCC(=O)NCc4cccc(OC)c4)n3n2)cc1. The Kier molecular flexibility index (Phi) is 6.86. The Bertz CT molecular complexity index is 1210. The maximum absolute atomic E-state index is 12.3. The van der Waals surface area contributed by atoms with Crippen LogP contribution in [-0.4, -0.2) is 45.2 Å². The van der Waals surface area contributed by atoms with Crippen molar-refractivity contribution >= 4 is 23.3 Å². The molecular weight excluding hydrogens is 426 g/mol. The minimum absolute atomic E-state index is 0.0998. The molecule has 4 aromatic rings. The zero-order valence-corrected chi connectivity index (χ0v) is 18.6. The molecule has 164 valence electrons. The first-order valence-electron chi connectivity index (χ1n) is 10.1. The van der Waals surface area contributed by atoms with E-state index in [2.05, 4.69) is 20.6 Å². The first-order chi connectivity index (χ1) is 15.7. The minimum Gasteiger partial charge on any atom is -0.497 e. The summed E-state index contributed by atoms with van der Waals surface area (Å²) in [6.07, 6.45) is 0. The highest BCUT2D eigenvalue weighted by Crippen LogP contribution is 2.23. The van der Waals surface area contributed by atoms with Crippen molar-refractivity contribution in [3.8, 4) is 22.8 Å². The zero-order chi connectivity index (χ0) is 22.3. The topological polar surface area (TPSA) is 90.6 Å². The molecule has 4 rings (SSSR count). The van der Waals surface area contributed by atoms with Gasteiger partial charge < -0.3 is 14.8 Å². The number of rotatable bonds is 9. The van der Waals surface area contributed by atoms with Gasteiger partial charge in [-0.2, -0.15) is 9.61 Å². The molecule has 0 aliphatic carbocycles. The van der Waals surface area contributed by atoms with Crippen LogP contribution in [-0.2, 0) is 11.3 Å². The third-order valence-electron chi connectivity index (χ3n) is 4.65. The molecule has 0 aliphatic rings. The van der Waals surface area contributed by atoms with E-state index < -0.39 is 0 Å². The Morgan fingerprint density at radius 3 is 2.69 bits per heavy atom. The molecule has 0 bridgehead atoms. The van der Waals surface area contributed by atoms with Gasteiger partial charge in [0, 0.05) is 12.1 Å². The zero-order valence-electron chi connectivity index (χ0n) is 17.8. The lowest BCUT2D eigenvalue weighted by Gasteiger charge is -2.07. The van der Waals surface area contributed by atoms with Crippen molar-refractivity contribution in [3.05, 3.63) is 66.2 Å². The fourth-order valence-electron chi connectivity index (χ4n) is 3.07. The summed E-state index contributed by atoms with van der Waals surface area (Å²) < 4.78 is 12.4. The highest BCUT2D eigenvalue weighted by molar-refractivity contribution is 7.99. The van der Waals surface area contributed by atoms with E-state index >= 15 is 0 Å². The van der Waals surface area contributed by atoms with Crippen molar-refractivity contribution in [2.75, 3.05) is 19.5 Å². The van der Waals surface area contributed by atoms with E-state index in [0.29, 0.717) is 24.0 Å². The molecule has 0 fully saturated rings.